The van der Waals surface area contributed by atoms with Crippen LogP contribution in [0, 0.1) is 14.9 Å². The SMILES string of the molecule is COC(=O)C(C)(C)[C@H](CC(C)C)NC(=O)[C@@H]1CCCN1C(=O)c1ccc(I)cc1. The zero-order valence-electron chi connectivity index (χ0n) is 17.8. The second-order valence-corrected chi connectivity index (χ2v) is 9.81. The van der Waals surface area contributed by atoms with Crippen molar-refractivity contribution in [2.75, 3.05) is 13.7 Å². The number of halogens is 1. The quantitative estimate of drug-likeness (QED) is 0.446. The molecule has 1 aromatic rings. The molecule has 0 bridgehead atoms. The van der Waals surface area contributed by atoms with Gasteiger partial charge in [0.25, 0.3) is 5.91 Å². The fourth-order valence-electron chi connectivity index (χ4n) is 3.72. The number of benzene rings is 1. The largest absolute Gasteiger partial charge is 0.469 e. The van der Waals surface area contributed by atoms with E-state index in [1.165, 1.54) is 7.11 Å². The van der Waals surface area contributed by atoms with Crippen molar-refractivity contribution in [2.24, 2.45) is 11.3 Å². The minimum Gasteiger partial charge on any atom is -0.469 e. The molecule has 0 saturated carbocycles. The van der Waals surface area contributed by atoms with Gasteiger partial charge < -0.3 is 15.0 Å². The maximum Gasteiger partial charge on any atom is 0.313 e. The van der Waals surface area contributed by atoms with Gasteiger partial charge in [0.1, 0.15) is 6.04 Å². The molecule has 29 heavy (non-hydrogen) atoms. The van der Waals surface area contributed by atoms with Gasteiger partial charge in [-0.25, -0.2) is 0 Å². The number of carbonyl (C=O) groups excluding carboxylic acids is 3. The van der Waals surface area contributed by atoms with Crippen LogP contribution in [0.1, 0.15) is 57.3 Å². The number of methoxy groups -OCH3 is 1. The van der Waals surface area contributed by atoms with Gasteiger partial charge in [-0.15, -0.1) is 0 Å². The van der Waals surface area contributed by atoms with E-state index in [9.17, 15) is 14.4 Å². The summed E-state index contributed by atoms with van der Waals surface area (Å²) in [5.41, 5.74) is -0.281. The molecule has 1 N–H and O–H groups in total. The lowest BCUT2D eigenvalue weighted by Crippen LogP contribution is -2.55. The fraction of sp³-hybridized carbons (Fsp3) is 0.591. The number of carbonyl (C=O) groups is 3. The molecule has 2 amide bonds. The van der Waals surface area contributed by atoms with Crippen LogP contribution in [0.2, 0.25) is 0 Å². The molecule has 6 nitrogen and oxygen atoms in total. The van der Waals surface area contributed by atoms with Crippen LogP contribution < -0.4 is 5.32 Å². The Morgan fingerprint density at radius 3 is 2.41 bits per heavy atom. The summed E-state index contributed by atoms with van der Waals surface area (Å²) in [5.74, 6) is -0.408. The molecule has 1 fully saturated rings. The zero-order chi connectivity index (χ0) is 21.8. The molecule has 1 aromatic carbocycles. The monoisotopic (exact) mass is 514 g/mol. The molecule has 1 aliphatic heterocycles. The Morgan fingerprint density at radius 2 is 1.86 bits per heavy atom. The molecule has 2 atom stereocenters. The average Bonchev–Trinajstić information content (AvgIpc) is 3.16. The van der Waals surface area contributed by atoms with Gasteiger partial charge in [-0.3, -0.25) is 14.4 Å². The van der Waals surface area contributed by atoms with Crippen LogP contribution in [-0.2, 0) is 14.3 Å². The molecule has 0 radical (unpaired) electrons. The Kier molecular flexibility index (Phi) is 8.08. The second-order valence-electron chi connectivity index (χ2n) is 8.57. The fourth-order valence-corrected chi connectivity index (χ4v) is 4.08. The van der Waals surface area contributed by atoms with Gasteiger partial charge in [0.2, 0.25) is 5.91 Å². The lowest BCUT2D eigenvalue weighted by molar-refractivity contribution is -0.153. The number of nitrogens with one attached hydrogen (secondary N) is 1. The van der Waals surface area contributed by atoms with Crippen LogP contribution in [0.25, 0.3) is 0 Å². The van der Waals surface area contributed by atoms with Crippen LogP contribution in [0.5, 0.6) is 0 Å². The van der Waals surface area contributed by atoms with E-state index in [-0.39, 0.29) is 29.7 Å². The van der Waals surface area contributed by atoms with Gasteiger partial charge >= 0.3 is 5.97 Å². The van der Waals surface area contributed by atoms with Crippen molar-refractivity contribution in [3.63, 3.8) is 0 Å². The van der Waals surface area contributed by atoms with Crippen LogP contribution in [0.3, 0.4) is 0 Å². The van der Waals surface area contributed by atoms with Crippen molar-refractivity contribution in [1.29, 1.82) is 0 Å². The molecule has 1 saturated heterocycles. The average molecular weight is 514 g/mol. The maximum atomic E-state index is 13.1. The molecule has 7 heteroatoms. The van der Waals surface area contributed by atoms with E-state index in [4.69, 9.17) is 4.74 Å². The van der Waals surface area contributed by atoms with Crippen molar-refractivity contribution in [2.45, 2.75) is 59.0 Å². The molecule has 2 rings (SSSR count). The van der Waals surface area contributed by atoms with Crippen molar-refractivity contribution < 1.29 is 19.1 Å². The summed E-state index contributed by atoms with van der Waals surface area (Å²) < 4.78 is 6.01. The Morgan fingerprint density at radius 1 is 1.24 bits per heavy atom. The first-order valence-electron chi connectivity index (χ1n) is 10.0. The number of ether oxygens (including phenoxy) is 1. The first-order valence-corrected chi connectivity index (χ1v) is 11.1. The van der Waals surface area contributed by atoms with Crippen LogP contribution in [0.15, 0.2) is 24.3 Å². The third-order valence-corrected chi connectivity index (χ3v) is 6.23. The van der Waals surface area contributed by atoms with E-state index in [0.29, 0.717) is 24.9 Å². The minimum atomic E-state index is -0.863. The Labute approximate surface area is 186 Å². The standard InChI is InChI=1S/C22H31IN2O4/c1-14(2)13-18(22(3,4)21(28)29-5)24-19(26)17-7-6-12-25(17)20(27)15-8-10-16(23)11-9-15/h8-11,14,17-18H,6-7,12-13H2,1-5H3,(H,24,26)/t17-,18-/m0/s1. The minimum absolute atomic E-state index is 0.133. The molecule has 0 spiro atoms. The van der Waals surface area contributed by atoms with E-state index in [1.54, 1.807) is 30.9 Å². The highest BCUT2D eigenvalue weighted by Crippen LogP contribution is 2.28. The normalized spacial score (nSPS) is 17.9. The third kappa shape index (κ3) is 5.71. The highest BCUT2D eigenvalue weighted by atomic mass is 127. The number of likely N-dealkylation sites (tertiary alicyclic amines) is 1. The topological polar surface area (TPSA) is 75.7 Å². The Hall–Kier alpha value is -1.64. The number of amides is 2. The van der Waals surface area contributed by atoms with Gasteiger partial charge in [-0.1, -0.05) is 13.8 Å². The summed E-state index contributed by atoms with van der Waals surface area (Å²) in [6, 6.07) is 6.45. The van der Waals surface area contributed by atoms with Gasteiger partial charge in [0, 0.05) is 21.7 Å². The molecule has 160 valence electrons. The lowest BCUT2D eigenvalue weighted by atomic mass is 9.80. The maximum absolute atomic E-state index is 13.1. The third-order valence-electron chi connectivity index (χ3n) is 5.51. The number of rotatable bonds is 7. The molecule has 0 aliphatic carbocycles. The van der Waals surface area contributed by atoms with E-state index < -0.39 is 11.5 Å². The molecular formula is C22H31IN2O4. The van der Waals surface area contributed by atoms with Gasteiger partial charge in [0.05, 0.1) is 12.5 Å². The van der Waals surface area contributed by atoms with Gasteiger partial charge in [-0.05, 0) is 85.9 Å². The summed E-state index contributed by atoms with van der Waals surface area (Å²) in [6.07, 6.45) is 2.05. The number of nitrogens with zero attached hydrogens (tertiary/aromatic N) is 1. The predicted octanol–water partition coefficient (Wildman–Crippen LogP) is 3.63. The molecule has 0 aromatic heterocycles. The molecule has 1 aliphatic rings. The number of hydrogen-bond donors (Lipinski definition) is 1. The van der Waals surface area contributed by atoms with Crippen molar-refractivity contribution >= 4 is 40.4 Å². The second kappa shape index (κ2) is 9.91. The summed E-state index contributed by atoms with van der Waals surface area (Å²) in [4.78, 5) is 40.0. The lowest BCUT2D eigenvalue weighted by Gasteiger charge is -2.35. The van der Waals surface area contributed by atoms with E-state index >= 15 is 0 Å². The number of hydrogen-bond acceptors (Lipinski definition) is 4. The number of esters is 1. The zero-order valence-corrected chi connectivity index (χ0v) is 20.0. The van der Waals surface area contributed by atoms with Gasteiger partial charge in [0.15, 0.2) is 0 Å². The predicted molar refractivity (Wildman–Crippen MR) is 120 cm³/mol. The summed E-state index contributed by atoms with van der Waals surface area (Å²) >= 11 is 2.19. The van der Waals surface area contributed by atoms with Crippen LogP contribution in [-0.4, -0.2) is 48.4 Å². The molecule has 0 unspecified atom stereocenters. The van der Waals surface area contributed by atoms with E-state index in [2.05, 4.69) is 41.8 Å². The molecule has 1 heterocycles. The van der Waals surface area contributed by atoms with E-state index in [0.717, 1.165) is 9.99 Å². The summed E-state index contributed by atoms with van der Waals surface area (Å²) in [6.45, 7) is 8.23. The Balaban J connectivity index is 2.18. The van der Waals surface area contributed by atoms with Crippen LogP contribution in [0.4, 0.5) is 0 Å². The van der Waals surface area contributed by atoms with Gasteiger partial charge in [-0.2, -0.15) is 0 Å². The Bertz CT molecular complexity index is 746. The summed E-state index contributed by atoms with van der Waals surface area (Å²) in [5, 5.41) is 3.06. The smallest absolute Gasteiger partial charge is 0.313 e. The highest BCUT2D eigenvalue weighted by molar-refractivity contribution is 14.1. The van der Waals surface area contributed by atoms with Crippen LogP contribution >= 0.6 is 22.6 Å². The first kappa shape index (κ1) is 23.6. The van der Waals surface area contributed by atoms with Crippen molar-refractivity contribution in [3.8, 4) is 0 Å². The van der Waals surface area contributed by atoms with E-state index in [1.807, 2.05) is 12.1 Å². The summed E-state index contributed by atoms with van der Waals surface area (Å²) in [7, 11) is 1.36. The van der Waals surface area contributed by atoms with Crippen molar-refractivity contribution in [3.05, 3.63) is 33.4 Å². The first-order chi connectivity index (χ1) is 13.6. The van der Waals surface area contributed by atoms with Crippen molar-refractivity contribution in [1.82, 2.24) is 10.2 Å². The highest BCUT2D eigenvalue weighted by Gasteiger charge is 2.42. The molecular weight excluding hydrogens is 483 g/mol.